The molecule has 2 nitrogen and oxygen atoms in total. The smallest absolute Gasteiger partial charge is 0.122 e. The zero-order valence-corrected chi connectivity index (χ0v) is 19.9. The fourth-order valence-corrected chi connectivity index (χ4v) is 3.40. The molecule has 0 aliphatic rings. The Kier molecular flexibility index (Phi) is 17.3. The van der Waals surface area contributed by atoms with E-state index in [0.717, 1.165) is 49.2 Å². The first-order valence-electron chi connectivity index (χ1n) is 9.31. The van der Waals surface area contributed by atoms with E-state index in [0.29, 0.717) is 24.0 Å². The summed E-state index contributed by atoms with van der Waals surface area (Å²) in [6.07, 6.45) is 7.16. The first kappa shape index (κ1) is 26.5. The van der Waals surface area contributed by atoms with Gasteiger partial charge in [0, 0.05) is 34.1 Å². The third-order valence-electron chi connectivity index (χ3n) is 4.05. The molecule has 2 rings (SSSR count). The van der Waals surface area contributed by atoms with Gasteiger partial charge >= 0.3 is 0 Å². The van der Waals surface area contributed by atoms with Gasteiger partial charge in [-0.05, 0) is 25.7 Å². The number of Topliss-reactive ketones (excluding diaryl/α,β-unsaturated/α-hetero) is 2. The number of unbranched alkanes of at least 4 members (excludes halogenated alkanes) is 4. The Bertz CT molecular complexity index is 550. The molecule has 0 N–H and O–H groups in total. The molecule has 2 aromatic rings. The van der Waals surface area contributed by atoms with Crippen molar-refractivity contribution >= 4 is 43.4 Å². The predicted molar refractivity (Wildman–Crippen MR) is 117 cm³/mol. The number of hydrogen-bond acceptors (Lipinski definition) is 2. The first-order chi connectivity index (χ1) is 12.7. The molecule has 0 bridgehead atoms. The molecule has 0 spiro atoms. The number of carbonyl (C=O) groups excluding carboxylic acids is 2. The van der Waals surface area contributed by atoms with Crippen molar-refractivity contribution in [2.24, 2.45) is 0 Å². The fraction of sp³-hybridized carbons (Fsp3) is 0.455. The number of alkyl halides is 2. The van der Waals surface area contributed by atoms with E-state index >= 15 is 0 Å². The Hall–Kier alpha value is -0.481. The molecule has 0 aliphatic heterocycles. The van der Waals surface area contributed by atoms with Crippen LogP contribution in [0, 0.1) is 0 Å². The number of carbonyl (C=O) groups is 2. The van der Waals surface area contributed by atoms with Crippen molar-refractivity contribution in [1.29, 1.82) is 0 Å². The van der Waals surface area contributed by atoms with Crippen LogP contribution >= 0.6 is 31.9 Å². The van der Waals surface area contributed by atoms with Gasteiger partial charge in [0.2, 0.25) is 0 Å². The summed E-state index contributed by atoms with van der Waals surface area (Å²) in [7, 11) is 0. The van der Waals surface area contributed by atoms with E-state index < -0.39 is 0 Å². The van der Waals surface area contributed by atoms with E-state index in [1.54, 1.807) is 12.1 Å². The number of halogens is 2. The number of hydrogen-bond donors (Lipinski definition) is 0. The zero-order chi connectivity index (χ0) is 19.0. The van der Waals surface area contributed by atoms with Crippen LogP contribution in [0.15, 0.2) is 48.5 Å². The predicted octanol–water partition coefficient (Wildman–Crippen LogP) is 7.08. The summed E-state index contributed by atoms with van der Waals surface area (Å²) in [4.78, 5) is 24.4. The van der Waals surface area contributed by atoms with Crippen LogP contribution in [0.5, 0.6) is 0 Å². The van der Waals surface area contributed by atoms with Crippen LogP contribution in [0.2, 0.25) is 0 Å². The maximum absolute atomic E-state index is 12.2. The number of ketones is 2. The van der Waals surface area contributed by atoms with E-state index in [9.17, 15) is 9.59 Å². The van der Waals surface area contributed by atoms with Crippen LogP contribution in [0.25, 0.3) is 0 Å². The van der Waals surface area contributed by atoms with Gasteiger partial charge in [0.15, 0.2) is 0 Å². The van der Waals surface area contributed by atoms with Crippen molar-refractivity contribution in [3.05, 3.63) is 59.7 Å². The van der Waals surface area contributed by atoms with Crippen molar-refractivity contribution in [2.45, 2.75) is 51.4 Å². The molecule has 2 aromatic carbocycles. The van der Waals surface area contributed by atoms with Crippen LogP contribution in [0.4, 0.5) is 0 Å². The average molecular weight is 540 g/mol. The van der Waals surface area contributed by atoms with Gasteiger partial charge in [-0.15, -0.1) is 11.6 Å². The van der Waals surface area contributed by atoms with Gasteiger partial charge in [-0.2, -0.15) is 12.1 Å². The first-order valence-corrected chi connectivity index (χ1v) is 11.6. The largest absolute Gasteiger partial charge is 0.748 e. The Balaban J connectivity index is 0.000000969. The Morgan fingerprint density at radius 2 is 1.33 bits per heavy atom. The minimum atomic E-state index is 0. The van der Waals surface area contributed by atoms with Crippen LogP contribution in [-0.4, -0.2) is 22.2 Å². The molecule has 0 radical (unpaired) electrons. The molecular formula is C22H28Br2FeO2-6. The molecule has 0 unspecified atom stereocenters. The Morgan fingerprint density at radius 1 is 0.815 bits per heavy atom. The molecule has 27 heavy (non-hydrogen) atoms. The molecular weight excluding hydrogens is 512 g/mol. The summed E-state index contributed by atoms with van der Waals surface area (Å²) >= 11 is 6.78. The second kappa shape index (κ2) is 17.6. The third kappa shape index (κ3) is 11.8. The van der Waals surface area contributed by atoms with Crippen molar-refractivity contribution in [1.82, 2.24) is 0 Å². The molecule has 0 fully saturated rings. The summed E-state index contributed by atoms with van der Waals surface area (Å²) in [6.45, 7) is 0. The van der Waals surface area contributed by atoms with Crippen molar-refractivity contribution in [3.63, 3.8) is 0 Å². The molecule has 0 saturated heterocycles. The van der Waals surface area contributed by atoms with E-state index in [1.807, 2.05) is 36.4 Å². The van der Waals surface area contributed by atoms with Crippen LogP contribution < -0.4 is 0 Å². The molecule has 0 amide bonds. The summed E-state index contributed by atoms with van der Waals surface area (Å²) in [5.41, 5.74) is 1.25. The van der Waals surface area contributed by atoms with Crippen LogP contribution in [-0.2, 0) is 17.1 Å². The monoisotopic (exact) mass is 538 g/mol. The molecule has 0 aromatic heterocycles. The van der Waals surface area contributed by atoms with E-state index in [2.05, 4.69) is 31.9 Å². The van der Waals surface area contributed by atoms with Gasteiger partial charge in [-0.1, -0.05) is 56.7 Å². The van der Waals surface area contributed by atoms with Gasteiger partial charge in [-0.3, -0.25) is 0 Å². The molecule has 5 heteroatoms. The van der Waals surface area contributed by atoms with Crippen molar-refractivity contribution in [3.8, 4) is 0 Å². The second-order valence-corrected chi connectivity index (χ2v) is 7.75. The van der Waals surface area contributed by atoms with Gasteiger partial charge in [0.05, 0.1) is 5.78 Å². The maximum Gasteiger partial charge on any atom is 0.122 e. The van der Waals surface area contributed by atoms with Gasteiger partial charge in [-0.25, -0.2) is 0 Å². The van der Waals surface area contributed by atoms with Gasteiger partial charge in [0.1, 0.15) is 5.78 Å². The van der Waals surface area contributed by atoms with Crippen molar-refractivity contribution < 1.29 is 26.7 Å². The summed E-state index contributed by atoms with van der Waals surface area (Å²) < 4.78 is 0. The van der Waals surface area contributed by atoms with E-state index in [4.69, 9.17) is 0 Å². The fourth-order valence-electron chi connectivity index (χ4n) is 2.61. The molecule has 0 saturated carbocycles. The van der Waals surface area contributed by atoms with Crippen LogP contribution in [0.1, 0.15) is 72.1 Å². The SMILES string of the molecule is O=C(CCCCCBr)c1ccc[c-]1C(=O)CCCCCBr.[Fe].[cH-]1[cH-][cH-][cH-][cH-]1. The summed E-state index contributed by atoms with van der Waals surface area (Å²) in [6, 6.07) is 15.4. The van der Waals surface area contributed by atoms with E-state index in [-0.39, 0.29) is 28.6 Å². The second-order valence-electron chi connectivity index (χ2n) is 6.16. The number of rotatable bonds is 12. The Morgan fingerprint density at radius 3 is 1.85 bits per heavy atom. The van der Waals surface area contributed by atoms with Gasteiger partial charge < -0.3 is 39.9 Å². The summed E-state index contributed by atoms with van der Waals surface area (Å²) in [5, 5.41) is 1.96. The molecule has 0 heterocycles. The standard InChI is InChI=1S/C17H23Br2O2.C5H5.Fe/c18-12-5-1-3-10-16(20)14-8-7-9-15(14)17(21)11-4-2-6-13-19;1-2-4-5-3-1;/h7-9H,1-6,10-13H2;1-5H;/q-1;-5;. The zero-order valence-electron chi connectivity index (χ0n) is 15.6. The minimum Gasteiger partial charge on any atom is -0.748 e. The quantitative estimate of drug-likeness (QED) is 0.0949. The third-order valence-corrected chi connectivity index (χ3v) is 5.17. The molecule has 0 atom stereocenters. The normalized spacial score (nSPS) is 9.85. The Labute approximate surface area is 191 Å². The molecule has 0 aliphatic carbocycles. The average Bonchev–Trinajstić information content (AvgIpc) is 3.36. The van der Waals surface area contributed by atoms with Crippen LogP contribution in [0.3, 0.4) is 0 Å². The van der Waals surface area contributed by atoms with E-state index in [1.165, 1.54) is 0 Å². The minimum absolute atomic E-state index is 0. The summed E-state index contributed by atoms with van der Waals surface area (Å²) in [5.74, 6) is 0.219. The topological polar surface area (TPSA) is 34.1 Å². The van der Waals surface area contributed by atoms with Gasteiger partial charge in [0.25, 0.3) is 0 Å². The maximum atomic E-state index is 12.2. The van der Waals surface area contributed by atoms with Crippen molar-refractivity contribution in [2.75, 3.05) is 10.7 Å². The molecule has 156 valence electrons.